The third-order valence-electron chi connectivity index (χ3n) is 6.74. The van der Waals surface area contributed by atoms with Crippen LogP contribution in [0.15, 0.2) is 53.4 Å². The first-order chi connectivity index (χ1) is 20.3. The van der Waals surface area contributed by atoms with Gasteiger partial charge in [0, 0.05) is 51.5 Å². The van der Waals surface area contributed by atoms with E-state index in [0.717, 1.165) is 29.9 Å². The Hall–Kier alpha value is -3.25. The van der Waals surface area contributed by atoms with Gasteiger partial charge in [-0.15, -0.1) is 0 Å². The van der Waals surface area contributed by atoms with Gasteiger partial charge in [-0.1, -0.05) is 24.3 Å². The summed E-state index contributed by atoms with van der Waals surface area (Å²) in [4.78, 5) is 16.2. The molecule has 246 valence electrons. The van der Waals surface area contributed by atoms with Crippen LogP contribution < -0.4 is 4.90 Å². The van der Waals surface area contributed by atoms with E-state index in [9.17, 15) is 52.7 Å². The van der Waals surface area contributed by atoms with E-state index >= 15 is 0 Å². The van der Waals surface area contributed by atoms with E-state index in [1.807, 2.05) is 4.90 Å². The molecular weight excluding hydrogens is 637 g/mol. The van der Waals surface area contributed by atoms with Gasteiger partial charge in [-0.05, 0) is 42.7 Å². The Bertz CT molecular complexity index is 1340. The third kappa shape index (κ3) is 9.88. The Morgan fingerprint density at radius 1 is 0.818 bits per heavy atom. The second-order valence-electron chi connectivity index (χ2n) is 9.93. The van der Waals surface area contributed by atoms with Crippen LogP contribution in [-0.2, 0) is 27.6 Å². The molecule has 1 N–H and O–H groups in total. The molecule has 2 aromatic rings. The van der Waals surface area contributed by atoms with Gasteiger partial charge in [0.15, 0.2) is 0 Å². The zero-order valence-electron chi connectivity index (χ0n) is 22.8. The SMILES string of the molecule is O=C(OC(C(F)(F)F)C(F)(F)F)N1CCN(Cc2ccc(C(F)(F)F)cc2N2CCCC2)CC1.O=S(=O)(O)c1ccccc1. The highest BCUT2D eigenvalue weighted by atomic mass is 32.2. The van der Waals surface area contributed by atoms with Gasteiger partial charge in [0.2, 0.25) is 0 Å². The average Bonchev–Trinajstić information content (AvgIpc) is 3.46. The molecule has 2 saturated heterocycles. The largest absolute Gasteiger partial charge is 0.434 e. The van der Waals surface area contributed by atoms with Crippen LogP contribution in [0, 0.1) is 0 Å². The minimum atomic E-state index is -5.80. The zero-order chi connectivity index (χ0) is 32.9. The number of ether oxygens (including phenoxy) is 1. The highest BCUT2D eigenvalue weighted by molar-refractivity contribution is 7.85. The fourth-order valence-corrected chi connectivity index (χ4v) is 5.04. The Labute approximate surface area is 246 Å². The maximum atomic E-state index is 13.2. The number of carbonyl (C=O) groups excluding carboxylic acids is 1. The summed E-state index contributed by atoms with van der Waals surface area (Å²) in [5, 5.41) is 0. The van der Waals surface area contributed by atoms with E-state index < -0.39 is 46.4 Å². The summed E-state index contributed by atoms with van der Waals surface area (Å²) < 4.78 is 148. The van der Waals surface area contributed by atoms with Gasteiger partial charge in [0.1, 0.15) is 0 Å². The Morgan fingerprint density at radius 3 is 1.82 bits per heavy atom. The van der Waals surface area contributed by atoms with Gasteiger partial charge < -0.3 is 14.5 Å². The second kappa shape index (κ2) is 13.8. The van der Waals surface area contributed by atoms with E-state index in [1.54, 1.807) is 23.1 Å². The lowest BCUT2D eigenvalue weighted by molar-refractivity contribution is -0.308. The van der Waals surface area contributed by atoms with E-state index in [2.05, 4.69) is 4.74 Å². The molecule has 2 aliphatic heterocycles. The molecule has 0 aromatic heterocycles. The molecule has 2 fully saturated rings. The fourth-order valence-electron chi connectivity index (χ4n) is 4.54. The van der Waals surface area contributed by atoms with Crippen molar-refractivity contribution in [1.82, 2.24) is 9.80 Å². The van der Waals surface area contributed by atoms with Gasteiger partial charge in [-0.25, -0.2) is 4.79 Å². The summed E-state index contributed by atoms with van der Waals surface area (Å²) >= 11 is 0. The summed E-state index contributed by atoms with van der Waals surface area (Å²) in [6, 6.07) is 10.8. The van der Waals surface area contributed by atoms with Gasteiger partial charge in [-0.3, -0.25) is 9.45 Å². The zero-order valence-corrected chi connectivity index (χ0v) is 23.6. The summed E-state index contributed by atoms with van der Waals surface area (Å²) in [5.41, 5.74) is 0.266. The molecule has 4 rings (SSSR count). The van der Waals surface area contributed by atoms with Crippen molar-refractivity contribution in [2.45, 2.75) is 48.9 Å². The summed E-state index contributed by atoms with van der Waals surface area (Å²) in [7, 11) is -4.00. The predicted octanol–water partition coefficient (Wildman–Crippen LogP) is 5.99. The molecule has 0 spiro atoms. The summed E-state index contributed by atoms with van der Waals surface area (Å²) in [6.07, 6.45) is -20.4. The predicted molar refractivity (Wildman–Crippen MR) is 138 cm³/mol. The Balaban J connectivity index is 0.000000448. The van der Waals surface area contributed by atoms with Crippen molar-refractivity contribution in [3.63, 3.8) is 0 Å². The number of alkyl halides is 9. The van der Waals surface area contributed by atoms with Gasteiger partial charge in [0.05, 0.1) is 10.5 Å². The lowest BCUT2D eigenvalue weighted by atomic mass is 10.1. The maximum Gasteiger partial charge on any atom is 0.434 e. The van der Waals surface area contributed by atoms with Crippen molar-refractivity contribution in [3.05, 3.63) is 59.7 Å². The first-order valence-corrected chi connectivity index (χ1v) is 14.5. The Kier molecular flexibility index (Phi) is 11.1. The second-order valence-corrected chi connectivity index (χ2v) is 11.4. The minimum absolute atomic E-state index is 0.0741. The number of piperazine rings is 1. The van der Waals surface area contributed by atoms with Gasteiger partial charge >= 0.3 is 24.6 Å². The smallest absolute Gasteiger partial charge is 0.426 e. The number of halogens is 9. The first-order valence-electron chi connectivity index (χ1n) is 13.1. The van der Waals surface area contributed by atoms with Crippen molar-refractivity contribution in [3.8, 4) is 0 Å². The van der Waals surface area contributed by atoms with E-state index in [-0.39, 0.29) is 37.6 Å². The highest BCUT2D eigenvalue weighted by Crippen LogP contribution is 2.37. The molecule has 0 unspecified atom stereocenters. The van der Waals surface area contributed by atoms with Gasteiger partial charge in [0.25, 0.3) is 16.2 Å². The standard InChI is InChI=1S/C20H22F9N3O2.C6H6O3S/c21-18(22,23)14-4-3-13(15(11-14)31-5-1-2-6-31)12-30-7-9-32(10-8-30)17(33)34-16(19(24,25)26)20(27,28)29;7-10(8,9)6-4-2-1-3-5-6/h3-4,11,16H,1-2,5-10,12H2;1-5H,(H,7,8,9). The molecule has 2 aromatic carbocycles. The van der Waals surface area contributed by atoms with Crippen LogP contribution in [0.5, 0.6) is 0 Å². The summed E-state index contributed by atoms with van der Waals surface area (Å²) in [5.74, 6) is 0. The Morgan fingerprint density at radius 2 is 1.36 bits per heavy atom. The lowest BCUT2D eigenvalue weighted by Crippen LogP contribution is -2.52. The van der Waals surface area contributed by atoms with Crippen molar-refractivity contribution in [2.24, 2.45) is 0 Å². The van der Waals surface area contributed by atoms with Crippen molar-refractivity contribution >= 4 is 21.9 Å². The van der Waals surface area contributed by atoms with Crippen LogP contribution in [0.4, 0.5) is 50.0 Å². The molecule has 44 heavy (non-hydrogen) atoms. The molecule has 0 aliphatic carbocycles. The number of anilines is 1. The van der Waals surface area contributed by atoms with Crippen LogP contribution in [0.1, 0.15) is 24.0 Å². The number of amides is 1. The van der Waals surface area contributed by atoms with Crippen molar-refractivity contribution in [2.75, 3.05) is 44.2 Å². The highest BCUT2D eigenvalue weighted by Gasteiger charge is 2.60. The molecule has 1 amide bonds. The lowest BCUT2D eigenvalue weighted by Gasteiger charge is -2.36. The van der Waals surface area contributed by atoms with Crippen LogP contribution in [0.2, 0.25) is 0 Å². The van der Waals surface area contributed by atoms with Gasteiger partial charge in [-0.2, -0.15) is 47.9 Å². The number of rotatable bonds is 5. The van der Waals surface area contributed by atoms with Crippen LogP contribution in [-0.4, -0.2) is 86.6 Å². The average molecular weight is 666 g/mol. The number of carbonyl (C=O) groups is 1. The molecule has 0 atom stereocenters. The number of hydrogen-bond donors (Lipinski definition) is 1. The number of benzene rings is 2. The van der Waals surface area contributed by atoms with Crippen LogP contribution in [0.3, 0.4) is 0 Å². The first kappa shape index (κ1) is 35.2. The van der Waals surface area contributed by atoms with E-state index in [1.165, 1.54) is 18.2 Å². The van der Waals surface area contributed by atoms with E-state index in [0.29, 0.717) is 24.3 Å². The molecule has 8 nitrogen and oxygen atoms in total. The molecule has 0 radical (unpaired) electrons. The maximum absolute atomic E-state index is 13.2. The molecule has 0 bridgehead atoms. The quantitative estimate of drug-likeness (QED) is 0.310. The van der Waals surface area contributed by atoms with E-state index in [4.69, 9.17) is 4.55 Å². The third-order valence-corrected chi connectivity index (χ3v) is 7.61. The van der Waals surface area contributed by atoms with Crippen LogP contribution >= 0.6 is 0 Å². The number of nitrogens with zero attached hydrogens (tertiary/aromatic N) is 3. The summed E-state index contributed by atoms with van der Waals surface area (Å²) in [6.45, 7) is 1.22. The van der Waals surface area contributed by atoms with Crippen molar-refractivity contribution in [1.29, 1.82) is 0 Å². The molecule has 18 heteroatoms. The number of hydrogen-bond acceptors (Lipinski definition) is 6. The van der Waals surface area contributed by atoms with Crippen LogP contribution in [0.25, 0.3) is 0 Å². The minimum Gasteiger partial charge on any atom is -0.426 e. The monoisotopic (exact) mass is 665 g/mol. The molecular formula is C26H28F9N3O5S. The van der Waals surface area contributed by atoms with Crippen molar-refractivity contribution < 1.29 is 62.0 Å². The molecule has 2 heterocycles. The molecule has 0 saturated carbocycles. The molecule has 2 aliphatic rings. The fraction of sp³-hybridized carbons (Fsp3) is 0.500. The topological polar surface area (TPSA) is 90.4 Å². The normalized spacial score (nSPS) is 17.0.